The minimum Gasteiger partial charge on any atom is -0.387 e. The van der Waals surface area contributed by atoms with Crippen molar-refractivity contribution < 1.29 is 19.1 Å². The van der Waals surface area contributed by atoms with Crippen LogP contribution in [0.3, 0.4) is 0 Å². The number of nitrogens with zero attached hydrogens (tertiary/aromatic N) is 2. The van der Waals surface area contributed by atoms with Crippen LogP contribution in [0.25, 0.3) is 10.2 Å². The van der Waals surface area contributed by atoms with Gasteiger partial charge < -0.3 is 26.4 Å². The summed E-state index contributed by atoms with van der Waals surface area (Å²) < 4.78 is 15.4. The van der Waals surface area contributed by atoms with Crippen LogP contribution >= 0.6 is 11.3 Å². The fourth-order valence-electron chi connectivity index (χ4n) is 5.62. The van der Waals surface area contributed by atoms with E-state index < -0.39 is 17.7 Å². The number of aromatic nitrogens is 2. The highest BCUT2D eigenvalue weighted by Crippen LogP contribution is 2.52. The molecule has 5 rings (SSSR count). The molecule has 2 aliphatic carbocycles. The molecule has 2 fully saturated rings. The maximum Gasteiger partial charge on any atom is 0.255 e. The van der Waals surface area contributed by atoms with Gasteiger partial charge in [-0.3, -0.25) is 9.59 Å². The van der Waals surface area contributed by atoms with Crippen molar-refractivity contribution in [3.63, 3.8) is 0 Å². The van der Waals surface area contributed by atoms with Gasteiger partial charge in [-0.05, 0) is 64.2 Å². The summed E-state index contributed by atoms with van der Waals surface area (Å²) in [4.78, 5) is 33.7. The predicted octanol–water partition coefficient (Wildman–Crippen LogP) is 4.28. The molecule has 0 radical (unpaired) electrons. The Kier molecular flexibility index (Phi) is 6.77. The summed E-state index contributed by atoms with van der Waals surface area (Å²) in [5.74, 6) is 0.0296. The van der Waals surface area contributed by atoms with Crippen molar-refractivity contribution in [2.45, 2.75) is 75.7 Å². The lowest BCUT2D eigenvalue weighted by molar-refractivity contribution is -0.120. The Hall–Kier alpha value is -3.31. The van der Waals surface area contributed by atoms with Crippen molar-refractivity contribution in [2.24, 2.45) is 0 Å². The van der Waals surface area contributed by atoms with Crippen LogP contribution in [0.4, 0.5) is 21.6 Å². The van der Waals surface area contributed by atoms with Crippen LogP contribution in [-0.4, -0.2) is 56.3 Å². The standard InChI is InChI=1S/C27H33FN6O3S/c1-16(35)33-26-6-8-27(14-26,9-7-26)34-20-11-23(32-17-4-5-19-21(10-17)38-15-31-19)29-12-18(20)24(36)30-13-22(28)25(2,3)37/h4-5,10-12,15,22,37H,6-9,13-14H2,1-3H3,(H,30,36)(H,33,35)(H2,29,32,34). The number of aliphatic hydroxyl groups is 1. The Labute approximate surface area is 224 Å². The second-order valence-corrected chi connectivity index (χ2v) is 12.0. The number of amides is 2. The number of anilines is 3. The van der Waals surface area contributed by atoms with Crippen molar-refractivity contribution in [3.05, 3.63) is 41.5 Å². The molecular weight excluding hydrogens is 507 g/mol. The van der Waals surface area contributed by atoms with Gasteiger partial charge in [0.15, 0.2) is 0 Å². The molecule has 38 heavy (non-hydrogen) atoms. The van der Waals surface area contributed by atoms with Gasteiger partial charge in [0.2, 0.25) is 5.91 Å². The number of hydrogen-bond donors (Lipinski definition) is 5. The Morgan fingerprint density at radius 3 is 2.61 bits per heavy atom. The first-order valence-corrected chi connectivity index (χ1v) is 13.7. The highest BCUT2D eigenvalue weighted by atomic mass is 32.1. The number of halogens is 1. The number of thiazole rings is 1. The van der Waals surface area contributed by atoms with E-state index in [1.54, 1.807) is 29.8 Å². The zero-order valence-electron chi connectivity index (χ0n) is 21.7. The second kappa shape index (κ2) is 9.77. The van der Waals surface area contributed by atoms with Crippen molar-refractivity contribution in [2.75, 3.05) is 17.2 Å². The number of hydrogen-bond acceptors (Lipinski definition) is 8. The molecule has 5 N–H and O–H groups in total. The van der Waals surface area contributed by atoms with Gasteiger partial charge in [0, 0.05) is 36.0 Å². The third-order valence-corrected chi connectivity index (χ3v) is 8.43. The van der Waals surface area contributed by atoms with Crippen LogP contribution in [0.2, 0.25) is 0 Å². The fourth-order valence-corrected chi connectivity index (χ4v) is 6.34. The molecule has 3 aromatic rings. The zero-order chi connectivity index (χ0) is 27.1. The Bertz CT molecular complexity index is 1360. The number of pyridine rings is 1. The van der Waals surface area contributed by atoms with E-state index in [4.69, 9.17) is 0 Å². The maximum atomic E-state index is 14.3. The largest absolute Gasteiger partial charge is 0.387 e. The van der Waals surface area contributed by atoms with Gasteiger partial charge in [-0.15, -0.1) is 11.3 Å². The van der Waals surface area contributed by atoms with Crippen LogP contribution in [0.1, 0.15) is 63.2 Å². The van der Waals surface area contributed by atoms with Crippen LogP contribution in [0.15, 0.2) is 36.0 Å². The Balaban J connectivity index is 1.41. The van der Waals surface area contributed by atoms with E-state index in [1.807, 2.05) is 18.2 Å². The molecule has 2 aliphatic rings. The highest BCUT2D eigenvalue weighted by Gasteiger charge is 2.55. The van der Waals surface area contributed by atoms with E-state index in [1.165, 1.54) is 20.0 Å². The molecule has 0 aliphatic heterocycles. The number of alkyl halides is 1. The first-order valence-electron chi connectivity index (χ1n) is 12.8. The van der Waals surface area contributed by atoms with Gasteiger partial charge in [0.25, 0.3) is 5.91 Å². The van der Waals surface area contributed by atoms with Crippen LogP contribution in [0, 0.1) is 0 Å². The SMILES string of the molecule is CC(=O)NC12CCC(Nc3cc(Nc4ccc5ncsc5c4)ncc3C(=O)NCC(F)C(C)(C)O)(CC1)C2. The lowest BCUT2D eigenvalue weighted by Gasteiger charge is -2.30. The fraction of sp³-hybridized carbons (Fsp3) is 0.481. The summed E-state index contributed by atoms with van der Waals surface area (Å²) >= 11 is 1.55. The molecule has 2 aromatic heterocycles. The number of rotatable bonds is 9. The quantitative estimate of drug-likeness (QED) is 0.274. The molecule has 202 valence electrons. The lowest BCUT2D eigenvalue weighted by Crippen LogP contribution is -2.43. The lowest BCUT2D eigenvalue weighted by atomic mass is 9.91. The molecule has 1 unspecified atom stereocenters. The summed E-state index contributed by atoms with van der Waals surface area (Å²) in [5, 5.41) is 22.6. The molecular formula is C27H33FN6O3S. The van der Waals surface area contributed by atoms with Crippen molar-refractivity contribution >= 4 is 50.6 Å². The van der Waals surface area contributed by atoms with Gasteiger partial charge in [0.05, 0.1) is 39.1 Å². The minimum atomic E-state index is -1.63. The highest BCUT2D eigenvalue weighted by molar-refractivity contribution is 7.16. The zero-order valence-corrected chi connectivity index (χ0v) is 22.5. The van der Waals surface area contributed by atoms with Gasteiger partial charge in [-0.25, -0.2) is 14.4 Å². The van der Waals surface area contributed by atoms with Gasteiger partial charge in [-0.2, -0.15) is 0 Å². The van der Waals surface area contributed by atoms with Crippen LogP contribution in [-0.2, 0) is 4.79 Å². The van der Waals surface area contributed by atoms with Crippen LogP contribution < -0.4 is 21.3 Å². The second-order valence-electron chi connectivity index (χ2n) is 11.1. The van der Waals surface area contributed by atoms with E-state index in [-0.39, 0.29) is 29.1 Å². The van der Waals surface area contributed by atoms with E-state index in [0.717, 1.165) is 48.0 Å². The van der Waals surface area contributed by atoms with E-state index in [0.29, 0.717) is 11.5 Å². The normalized spacial score (nSPS) is 23.3. The predicted molar refractivity (Wildman–Crippen MR) is 147 cm³/mol. The van der Waals surface area contributed by atoms with Crippen molar-refractivity contribution in [1.29, 1.82) is 0 Å². The Morgan fingerprint density at radius 1 is 1.16 bits per heavy atom. The smallest absolute Gasteiger partial charge is 0.255 e. The summed E-state index contributed by atoms with van der Waals surface area (Å²) in [6.07, 6.45) is 4.05. The molecule has 2 amide bonds. The number of carbonyl (C=O) groups excluding carboxylic acids is 2. The minimum absolute atomic E-state index is 0.0383. The maximum absolute atomic E-state index is 14.3. The molecule has 0 spiro atoms. The van der Waals surface area contributed by atoms with E-state index in [9.17, 15) is 19.1 Å². The third kappa shape index (κ3) is 5.44. The first-order chi connectivity index (χ1) is 18.0. The summed E-state index contributed by atoms with van der Waals surface area (Å²) in [6.45, 7) is 3.94. The molecule has 1 aromatic carbocycles. The molecule has 2 saturated carbocycles. The van der Waals surface area contributed by atoms with Gasteiger partial charge in [-0.1, -0.05) is 0 Å². The number of fused-ring (bicyclic) bond motifs is 3. The van der Waals surface area contributed by atoms with Crippen LogP contribution in [0.5, 0.6) is 0 Å². The summed E-state index contributed by atoms with van der Waals surface area (Å²) in [7, 11) is 0. The molecule has 11 heteroatoms. The number of carbonyl (C=O) groups is 2. The van der Waals surface area contributed by atoms with Crippen molar-refractivity contribution in [1.82, 2.24) is 20.6 Å². The first kappa shape index (κ1) is 26.3. The number of nitrogens with one attached hydrogen (secondary N) is 4. The Morgan fingerprint density at radius 2 is 1.89 bits per heavy atom. The molecule has 2 bridgehead atoms. The van der Waals surface area contributed by atoms with E-state index >= 15 is 0 Å². The van der Waals surface area contributed by atoms with Gasteiger partial charge >= 0.3 is 0 Å². The number of benzene rings is 1. The monoisotopic (exact) mass is 540 g/mol. The molecule has 0 saturated heterocycles. The van der Waals surface area contributed by atoms with E-state index in [2.05, 4.69) is 31.2 Å². The topological polar surface area (TPSA) is 128 Å². The van der Waals surface area contributed by atoms with Crippen molar-refractivity contribution in [3.8, 4) is 0 Å². The van der Waals surface area contributed by atoms with Gasteiger partial charge in [0.1, 0.15) is 12.0 Å². The average molecular weight is 541 g/mol. The molecule has 2 heterocycles. The summed E-state index contributed by atoms with van der Waals surface area (Å²) in [6, 6.07) is 7.64. The average Bonchev–Trinajstić information content (AvgIpc) is 3.54. The third-order valence-electron chi connectivity index (χ3n) is 7.64. The molecule has 9 nitrogen and oxygen atoms in total. The summed E-state index contributed by atoms with van der Waals surface area (Å²) in [5.41, 5.74) is 2.36. The molecule has 1 atom stereocenters.